The van der Waals surface area contributed by atoms with Crippen LogP contribution in [0.5, 0.6) is 5.75 Å². The maximum Gasteiger partial charge on any atom is 0.276 e. The van der Waals surface area contributed by atoms with Crippen LogP contribution in [0, 0.1) is 10.1 Å². The zero-order valence-electron chi connectivity index (χ0n) is 8.99. The van der Waals surface area contributed by atoms with Gasteiger partial charge in [-0.1, -0.05) is 5.16 Å². The van der Waals surface area contributed by atoms with Gasteiger partial charge in [-0.15, -0.1) is 0 Å². The molecule has 1 aromatic carbocycles. The van der Waals surface area contributed by atoms with Crippen molar-refractivity contribution in [3.8, 4) is 5.75 Å². The van der Waals surface area contributed by atoms with Gasteiger partial charge in [0.2, 0.25) is 0 Å². The normalized spacial score (nSPS) is 10.4. The predicted octanol–water partition coefficient (Wildman–Crippen LogP) is 1.17. The molecule has 0 amide bonds. The molecule has 0 radical (unpaired) electrons. The molecule has 0 aliphatic heterocycles. The average molecular weight is 238 g/mol. The monoisotopic (exact) mass is 238 g/mol. The van der Waals surface area contributed by atoms with Crippen molar-refractivity contribution in [2.75, 3.05) is 7.11 Å². The van der Waals surface area contributed by atoms with Gasteiger partial charge in [0.1, 0.15) is 12.0 Å². The number of carbonyl (C=O) groups excluding carboxylic acids is 1. The first kappa shape index (κ1) is 12.6. The lowest BCUT2D eigenvalue weighted by molar-refractivity contribution is -0.385. The van der Waals surface area contributed by atoms with Gasteiger partial charge >= 0.3 is 0 Å². The molecule has 0 saturated carbocycles. The summed E-state index contributed by atoms with van der Waals surface area (Å²) in [4.78, 5) is 21.4. The molecule has 0 spiro atoms. The molecule has 0 fully saturated rings. The van der Waals surface area contributed by atoms with Crippen molar-refractivity contribution in [3.05, 3.63) is 33.9 Å². The molecule has 7 nitrogen and oxygen atoms in total. The summed E-state index contributed by atoms with van der Waals surface area (Å²) < 4.78 is 4.86. The molecular formula is C10H10N2O5. The van der Waals surface area contributed by atoms with Crippen molar-refractivity contribution in [1.82, 2.24) is 0 Å². The number of Topliss-reactive ketones (excluding diaryl/α,β-unsaturated/α-hetero) is 1. The highest BCUT2D eigenvalue weighted by molar-refractivity contribution is 6.27. The van der Waals surface area contributed by atoms with Crippen LogP contribution >= 0.6 is 0 Å². The summed E-state index contributed by atoms with van der Waals surface area (Å²) in [6.07, 6.45) is 0.498. The van der Waals surface area contributed by atoms with Crippen LogP contribution in [-0.4, -0.2) is 29.2 Å². The fraction of sp³-hybridized carbons (Fsp3) is 0.200. The Morgan fingerprint density at radius 2 is 2.35 bits per heavy atom. The highest BCUT2D eigenvalue weighted by Gasteiger charge is 2.16. The van der Waals surface area contributed by atoms with E-state index < -0.39 is 10.7 Å². The first-order valence-corrected chi connectivity index (χ1v) is 4.60. The van der Waals surface area contributed by atoms with Crippen LogP contribution in [0.2, 0.25) is 0 Å². The van der Waals surface area contributed by atoms with Gasteiger partial charge in [0.25, 0.3) is 5.69 Å². The van der Waals surface area contributed by atoms with Crippen LogP contribution in [0.1, 0.15) is 5.56 Å². The van der Waals surface area contributed by atoms with Crippen LogP contribution in [0.15, 0.2) is 23.4 Å². The lowest BCUT2D eigenvalue weighted by atomic mass is 10.1. The molecule has 90 valence electrons. The summed E-state index contributed by atoms with van der Waals surface area (Å²) in [7, 11) is 1.39. The van der Waals surface area contributed by atoms with Gasteiger partial charge in [0, 0.05) is 12.0 Å². The van der Waals surface area contributed by atoms with Crippen molar-refractivity contribution < 1.29 is 19.7 Å². The Morgan fingerprint density at radius 1 is 1.65 bits per heavy atom. The second-order valence-electron chi connectivity index (χ2n) is 3.14. The van der Waals surface area contributed by atoms with Crippen LogP contribution < -0.4 is 4.74 Å². The third kappa shape index (κ3) is 3.26. The Bertz CT molecular complexity index is 470. The van der Waals surface area contributed by atoms with E-state index in [0.717, 1.165) is 0 Å². The zero-order chi connectivity index (χ0) is 12.8. The number of ether oxygens (including phenoxy) is 1. The molecule has 17 heavy (non-hydrogen) atoms. The van der Waals surface area contributed by atoms with Gasteiger partial charge in [-0.2, -0.15) is 0 Å². The SMILES string of the molecule is COc1ccc(CC(=O)/C=N/O)c([N+](=O)[O-])c1. The topological polar surface area (TPSA) is 102 Å². The lowest BCUT2D eigenvalue weighted by Crippen LogP contribution is -2.06. The Morgan fingerprint density at radius 3 is 2.88 bits per heavy atom. The van der Waals surface area contributed by atoms with E-state index in [0.29, 0.717) is 12.0 Å². The summed E-state index contributed by atoms with van der Waals surface area (Å²) in [6, 6.07) is 4.19. The van der Waals surface area contributed by atoms with E-state index in [2.05, 4.69) is 5.16 Å². The molecule has 0 aliphatic rings. The lowest BCUT2D eigenvalue weighted by Gasteiger charge is -2.03. The number of nitrogens with zero attached hydrogens (tertiary/aromatic N) is 2. The number of ketones is 1. The molecule has 1 aromatic rings. The first-order valence-electron chi connectivity index (χ1n) is 4.60. The van der Waals surface area contributed by atoms with Gasteiger partial charge in [-0.3, -0.25) is 14.9 Å². The molecule has 1 rings (SSSR count). The van der Waals surface area contributed by atoms with E-state index in [1.165, 1.54) is 25.3 Å². The van der Waals surface area contributed by atoms with Crippen molar-refractivity contribution >= 4 is 17.7 Å². The van der Waals surface area contributed by atoms with Gasteiger partial charge < -0.3 is 9.94 Å². The minimum absolute atomic E-state index is 0.204. The first-order chi connectivity index (χ1) is 8.08. The maximum absolute atomic E-state index is 11.2. The molecule has 1 N–H and O–H groups in total. The van der Waals surface area contributed by atoms with Crippen LogP contribution in [0.3, 0.4) is 0 Å². The van der Waals surface area contributed by atoms with Crippen molar-refractivity contribution in [3.63, 3.8) is 0 Å². The van der Waals surface area contributed by atoms with E-state index in [1.807, 2.05) is 0 Å². The smallest absolute Gasteiger partial charge is 0.276 e. The number of carbonyl (C=O) groups is 1. The van der Waals surface area contributed by atoms with E-state index in [9.17, 15) is 14.9 Å². The van der Waals surface area contributed by atoms with Gasteiger partial charge in [-0.25, -0.2) is 0 Å². The highest BCUT2D eigenvalue weighted by atomic mass is 16.6. The highest BCUT2D eigenvalue weighted by Crippen LogP contribution is 2.24. The standard InChI is InChI=1S/C10H10N2O5/c1-17-9-3-2-7(4-8(13)6-11-14)10(5-9)12(15)16/h2-3,5-6,14H,4H2,1H3/b11-6+. The van der Waals surface area contributed by atoms with Gasteiger partial charge in [0.05, 0.1) is 18.1 Å². The summed E-state index contributed by atoms with van der Waals surface area (Å²) in [5.41, 5.74) is 0.0322. The predicted molar refractivity (Wildman–Crippen MR) is 58.6 cm³/mol. The quantitative estimate of drug-likeness (QED) is 0.359. The maximum atomic E-state index is 11.2. The number of benzene rings is 1. The minimum Gasteiger partial charge on any atom is -0.497 e. The average Bonchev–Trinajstić information content (AvgIpc) is 2.29. The molecule has 7 heteroatoms. The second-order valence-corrected chi connectivity index (χ2v) is 3.14. The third-order valence-corrected chi connectivity index (χ3v) is 2.06. The number of methoxy groups -OCH3 is 1. The van der Waals surface area contributed by atoms with Gasteiger partial charge in [0.15, 0.2) is 5.78 Å². The van der Waals surface area contributed by atoms with E-state index in [-0.39, 0.29) is 17.7 Å². The molecule has 0 aliphatic carbocycles. The van der Waals surface area contributed by atoms with E-state index in [1.54, 1.807) is 0 Å². The minimum atomic E-state index is -0.596. The molecule has 0 saturated heterocycles. The van der Waals surface area contributed by atoms with Gasteiger partial charge in [-0.05, 0) is 12.1 Å². The fourth-order valence-corrected chi connectivity index (χ4v) is 1.29. The molecule has 0 bridgehead atoms. The Balaban J connectivity index is 3.06. The second kappa shape index (κ2) is 5.59. The Kier molecular flexibility index (Phi) is 4.15. The number of hydrogen-bond acceptors (Lipinski definition) is 6. The number of rotatable bonds is 5. The van der Waals surface area contributed by atoms with Crippen LogP contribution in [0.4, 0.5) is 5.69 Å². The summed E-state index contributed by atoms with van der Waals surface area (Å²) in [6.45, 7) is 0. The van der Waals surface area contributed by atoms with Crippen molar-refractivity contribution in [1.29, 1.82) is 0 Å². The summed E-state index contributed by atoms with van der Waals surface area (Å²) >= 11 is 0. The van der Waals surface area contributed by atoms with E-state index >= 15 is 0 Å². The van der Waals surface area contributed by atoms with E-state index in [4.69, 9.17) is 9.94 Å². The van der Waals surface area contributed by atoms with Crippen LogP contribution in [-0.2, 0) is 11.2 Å². The number of nitro benzene ring substituents is 1. The van der Waals surface area contributed by atoms with Crippen molar-refractivity contribution in [2.24, 2.45) is 5.16 Å². The Hall–Kier alpha value is -2.44. The molecule has 0 heterocycles. The fourth-order valence-electron chi connectivity index (χ4n) is 1.29. The largest absolute Gasteiger partial charge is 0.497 e. The summed E-state index contributed by atoms with van der Waals surface area (Å²) in [5, 5.41) is 21.5. The number of oxime groups is 1. The van der Waals surface area contributed by atoms with Crippen LogP contribution in [0.25, 0.3) is 0 Å². The summed E-state index contributed by atoms with van der Waals surface area (Å²) in [5.74, 6) is -0.190. The molecule has 0 atom stereocenters. The molecular weight excluding hydrogens is 228 g/mol. The third-order valence-electron chi connectivity index (χ3n) is 2.06. The zero-order valence-corrected chi connectivity index (χ0v) is 8.99. The number of nitro groups is 1. The van der Waals surface area contributed by atoms with Crippen molar-refractivity contribution in [2.45, 2.75) is 6.42 Å². The number of hydrogen-bond donors (Lipinski definition) is 1. The Labute approximate surface area is 96.5 Å². The molecule has 0 unspecified atom stereocenters. The molecule has 0 aromatic heterocycles.